The Labute approximate surface area is 128 Å². The van der Waals surface area contributed by atoms with Gasteiger partial charge in [-0.2, -0.15) is 0 Å². The second kappa shape index (κ2) is 5.26. The summed E-state index contributed by atoms with van der Waals surface area (Å²) in [6, 6.07) is 13.2. The normalized spacial score (nSPS) is 10.8. The van der Waals surface area contributed by atoms with Gasteiger partial charge in [0.05, 0.1) is 11.1 Å². The Morgan fingerprint density at radius 2 is 1.90 bits per heavy atom. The van der Waals surface area contributed by atoms with Gasteiger partial charge in [-0.05, 0) is 36.8 Å². The maximum Gasteiger partial charge on any atom is 0.257 e. The zero-order valence-corrected chi connectivity index (χ0v) is 12.6. The quantitative estimate of drug-likeness (QED) is 0.748. The Morgan fingerprint density at radius 3 is 2.71 bits per heavy atom. The molecule has 0 radical (unpaired) electrons. The Balaban J connectivity index is 2.01. The number of carbonyl (C=O) groups excluding carboxylic acids is 1. The monoisotopic (exact) mass is 298 g/mol. The molecule has 106 valence electrons. The van der Waals surface area contributed by atoms with Crippen molar-refractivity contribution in [1.29, 1.82) is 0 Å². The second-order valence-electron chi connectivity index (χ2n) is 5.04. The number of benzene rings is 2. The van der Waals surface area contributed by atoms with E-state index in [0.717, 1.165) is 22.2 Å². The van der Waals surface area contributed by atoms with Crippen LogP contribution in [-0.4, -0.2) is 10.5 Å². The Hall–Kier alpha value is -2.26. The van der Waals surface area contributed by atoms with Crippen molar-refractivity contribution in [3.05, 3.63) is 64.8 Å². The van der Waals surface area contributed by atoms with Crippen LogP contribution in [0.5, 0.6) is 0 Å². The lowest BCUT2D eigenvalue weighted by Crippen LogP contribution is -2.14. The Kier molecular flexibility index (Phi) is 3.43. The number of halogens is 1. The van der Waals surface area contributed by atoms with E-state index < -0.39 is 0 Å². The zero-order chi connectivity index (χ0) is 15.0. The highest BCUT2D eigenvalue weighted by molar-refractivity contribution is 6.31. The molecule has 0 saturated carbocycles. The Bertz CT molecular complexity index is 836. The van der Waals surface area contributed by atoms with E-state index in [4.69, 9.17) is 11.6 Å². The third-order valence-corrected chi connectivity index (χ3v) is 4.07. The molecular formula is C17H15ClN2O. The van der Waals surface area contributed by atoms with Gasteiger partial charge < -0.3 is 9.88 Å². The topological polar surface area (TPSA) is 34.0 Å². The molecule has 0 bridgehead atoms. The molecule has 3 rings (SSSR count). The van der Waals surface area contributed by atoms with Gasteiger partial charge in [0, 0.05) is 29.3 Å². The van der Waals surface area contributed by atoms with Gasteiger partial charge >= 0.3 is 0 Å². The maximum absolute atomic E-state index is 12.6. The first-order valence-corrected chi connectivity index (χ1v) is 7.06. The first kappa shape index (κ1) is 13.7. The molecule has 3 nitrogen and oxygen atoms in total. The van der Waals surface area contributed by atoms with Crippen LogP contribution < -0.4 is 5.32 Å². The molecule has 1 aromatic heterocycles. The van der Waals surface area contributed by atoms with E-state index >= 15 is 0 Å². The molecular weight excluding hydrogens is 284 g/mol. The summed E-state index contributed by atoms with van der Waals surface area (Å²) < 4.78 is 1.95. The lowest BCUT2D eigenvalue weighted by molar-refractivity contribution is 0.102. The van der Waals surface area contributed by atoms with Gasteiger partial charge in [-0.25, -0.2) is 0 Å². The lowest BCUT2D eigenvalue weighted by Gasteiger charge is -2.11. The third kappa shape index (κ3) is 2.41. The van der Waals surface area contributed by atoms with Crippen LogP contribution in [-0.2, 0) is 7.05 Å². The van der Waals surface area contributed by atoms with Crippen LogP contribution in [0.2, 0.25) is 5.02 Å². The molecule has 4 heteroatoms. The summed E-state index contributed by atoms with van der Waals surface area (Å²) in [5.74, 6) is -0.132. The summed E-state index contributed by atoms with van der Waals surface area (Å²) in [6.07, 6.45) is 1.95. The molecule has 0 aliphatic heterocycles. The van der Waals surface area contributed by atoms with Crippen LogP contribution in [0.4, 0.5) is 5.69 Å². The number of para-hydroxylation sites is 1. The van der Waals surface area contributed by atoms with Crippen molar-refractivity contribution in [3.63, 3.8) is 0 Å². The van der Waals surface area contributed by atoms with Crippen LogP contribution in [0.25, 0.3) is 10.9 Å². The predicted octanol–water partition coefficient (Wildman–Crippen LogP) is 4.39. The zero-order valence-electron chi connectivity index (χ0n) is 11.9. The molecule has 3 aromatic rings. The van der Waals surface area contributed by atoms with Gasteiger partial charge in [0.1, 0.15) is 0 Å². The maximum atomic E-state index is 12.6. The summed E-state index contributed by atoms with van der Waals surface area (Å²) in [5, 5.41) is 4.63. The van der Waals surface area contributed by atoms with Gasteiger partial charge in [0.2, 0.25) is 0 Å². The molecule has 0 saturated heterocycles. The first-order valence-electron chi connectivity index (χ1n) is 6.68. The number of amides is 1. The molecule has 0 fully saturated rings. The molecule has 0 aliphatic carbocycles. The van der Waals surface area contributed by atoms with Gasteiger partial charge in [0.15, 0.2) is 0 Å². The van der Waals surface area contributed by atoms with Gasteiger partial charge in [-0.15, -0.1) is 0 Å². The van der Waals surface area contributed by atoms with E-state index in [2.05, 4.69) is 5.32 Å². The third-order valence-electron chi connectivity index (χ3n) is 3.66. The highest BCUT2D eigenvalue weighted by Crippen LogP contribution is 2.25. The van der Waals surface area contributed by atoms with Crippen molar-refractivity contribution in [3.8, 4) is 0 Å². The predicted molar refractivity (Wildman–Crippen MR) is 87.1 cm³/mol. The van der Waals surface area contributed by atoms with E-state index in [1.54, 1.807) is 0 Å². The average Bonchev–Trinajstić information content (AvgIpc) is 2.85. The number of rotatable bonds is 2. The standard InChI is InChI=1S/C17H15ClN2O/c1-11-14(18)7-4-8-15(11)19-17(21)13-6-3-5-12-9-10-20(2)16(12)13/h3-10H,1-2H3,(H,19,21). The number of aryl methyl sites for hydroxylation is 1. The Morgan fingerprint density at radius 1 is 1.14 bits per heavy atom. The summed E-state index contributed by atoms with van der Waals surface area (Å²) in [4.78, 5) is 12.6. The number of nitrogens with zero attached hydrogens (tertiary/aromatic N) is 1. The van der Waals surface area contributed by atoms with Crippen LogP contribution in [0, 0.1) is 6.92 Å². The van der Waals surface area contributed by atoms with Gasteiger partial charge in [-0.3, -0.25) is 4.79 Å². The minimum Gasteiger partial charge on any atom is -0.350 e. The van der Waals surface area contributed by atoms with E-state index in [0.29, 0.717) is 10.6 Å². The number of carbonyl (C=O) groups is 1. The fourth-order valence-electron chi connectivity index (χ4n) is 2.47. The largest absolute Gasteiger partial charge is 0.350 e. The summed E-state index contributed by atoms with van der Waals surface area (Å²) in [6.45, 7) is 1.89. The van der Waals surface area contributed by atoms with Crippen LogP contribution >= 0.6 is 11.6 Å². The van der Waals surface area contributed by atoms with Crippen molar-refractivity contribution in [2.75, 3.05) is 5.32 Å². The summed E-state index contributed by atoms with van der Waals surface area (Å²) in [5.41, 5.74) is 3.18. The van der Waals surface area contributed by atoms with E-state index in [9.17, 15) is 4.79 Å². The number of fused-ring (bicyclic) bond motifs is 1. The number of anilines is 1. The highest BCUT2D eigenvalue weighted by atomic mass is 35.5. The SMILES string of the molecule is Cc1c(Cl)cccc1NC(=O)c1cccc2ccn(C)c12. The van der Waals surface area contributed by atoms with Gasteiger partial charge in [0.25, 0.3) is 5.91 Å². The van der Waals surface area contributed by atoms with E-state index in [-0.39, 0.29) is 5.91 Å². The lowest BCUT2D eigenvalue weighted by atomic mass is 10.1. The van der Waals surface area contributed by atoms with E-state index in [1.165, 1.54) is 0 Å². The number of nitrogens with one attached hydrogen (secondary N) is 1. The van der Waals surface area contributed by atoms with Crippen LogP contribution in [0.15, 0.2) is 48.7 Å². The minimum absolute atomic E-state index is 0.132. The molecule has 1 N–H and O–H groups in total. The highest BCUT2D eigenvalue weighted by Gasteiger charge is 2.13. The van der Waals surface area contributed by atoms with Gasteiger partial charge in [-0.1, -0.05) is 29.8 Å². The summed E-state index contributed by atoms with van der Waals surface area (Å²) >= 11 is 6.09. The molecule has 0 unspecified atom stereocenters. The fraction of sp³-hybridized carbons (Fsp3) is 0.118. The smallest absolute Gasteiger partial charge is 0.257 e. The first-order chi connectivity index (χ1) is 10.1. The van der Waals surface area contributed by atoms with E-state index in [1.807, 2.05) is 67.2 Å². The van der Waals surface area contributed by atoms with Crippen LogP contribution in [0.1, 0.15) is 15.9 Å². The molecule has 1 amide bonds. The van der Waals surface area contributed by atoms with Crippen molar-refractivity contribution in [2.24, 2.45) is 7.05 Å². The molecule has 1 heterocycles. The number of hydrogen-bond donors (Lipinski definition) is 1. The average molecular weight is 299 g/mol. The van der Waals surface area contributed by atoms with Crippen molar-refractivity contribution in [2.45, 2.75) is 6.92 Å². The number of hydrogen-bond acceptors (Lipinski definition) is 1. The second-order valence-corrected chi connectivity index (χ2v) is 5.44. The van der Waals surface area contributed by atoms with Crippen molar-refractivity contribution < 1.29 is 4.79 Å². The minimum atomic E-state index is -0.132. The van der Waals surface area contributed by atoms with Crippen molar-refractivity contribution >= 4 is 34.1 Å². The molecule has 21 heavy (non-hydrogen) atoms. The number of aromatic nitrogens is 1. The fourth-order valence-corrected chi connectivity index (χ4v) is 2.65. The molecule has 2 aromatic carbocycles. The van der Waals surface area contributed by atoms with Crippen LogP contribution in [0.3, 0.4) is 0 Å². The summed E-state index contributed by atoms with van der Waals surface area (Å²) in [7, 11) is 1.93. The molecule has 0 aliphatic rings. The van der Waals surface area contributed by atoms with Crippen molar-refractivity contribution in [1.82, 2.24) is 4.57 Å². The molecule has 0 atom stereocenters. The molecule has 0 spiro atoms.